The SMILES string of the molecule is CCC1CN(C(=NC)NCc2ncccc2F)CCC1c1ccccc1.I. The van der Waals surface area contributed by atoms with Crippen LogP contribution in [0.5, 0.6) is 0 Å². The van der Waals surface area contributed by atoms with Gasteiger partial charge in [0.15, 0.2) is 5.96 Å². The van der Waals surface area contributed by atoms with Crippen molar-refractivity contribution in [3.05, 3.63) is 65.7 Å². The Kier molecular flexibility index (Phi) is 8.47. The Labute approximate surface area is 178 Å². The minimum atomic E-state index is -0.287. The number of benzene rings is 1. The number of halogens is 2. The van der Waals surface area contributed by atoms with Crippen LogP contribution in [0.1, 0.15) is 36.9 Å². The van der Waals surface area contributed by atoms with Gasteiger partial charge in [-0.15, -0.1) is 24.0 Å². The molecule has 0 bridgehead atoms. The second kappa shape index (κ2) is 10.6. The fraction of sp³-hybridized carbons (Fsp3) is 0.429. The Hall–Kier alpha value is -1.70. The van der Waals surface area contributed by atoms with Gasteiger partial charge in [0, 0.05) is 26.3 Å². The van der Waals surface area contributed by atoms with Crippen molar-refractivity contribution in [3.63, 3.8) is 0 Å². The van der Waals surface area contributed by atoms with E-state index in [4.69, 9.17) is 0 Å². The quantitative estimate of drug-likeness (QED) is 0.398. The lowest BCUT2D eigenvalue weighted by Crippen LogP contribution is -2.48. The molecule has 0 amide bonds. The molecular weight excluding hydrogens is 454 g/mol. The summed E-state index contributed by atoms with van der Waals surface area (Å²) in [5.74, 6) is 1.70. The first kappa shape index (κ1) is 21.6. The standard InChI is InChI=1S/C21H27FN4.HI/c1-3-16-15-26(13-11-18(16)17-8-5-4-6-9-17)21(23-2)25-14-20-19(22)10-7-12-24-20;/h4-10,12,16,18H,3,11,13-15H2,1-2H3,(H,23,25);1H. The average Bonchev–Trinajstić information content (AvgIpc) is 2.70. The van der Waals surface area contributed by atoms with E-state index in [-0.39, 0.29) is 29.8 Å². The molecule has 2 atom stereocenters. The Balaban J connectivity index is 0.00000261. The van der Waals surface area contributed by atoms with Crippen molar-refractivity contribution in [1.29, 1.82) is 0 Å². The molecule has 6 heteroatoms. The molecule has 1 fully saturated rings. The third-order valence-electron chi connectivity index (χ3n) is 5.25. The minimum Gasteiger partial charge on any atom is -0.350 e. The van der Waals surface area contributed by atoms with E-state index in [9.17, 15) is 4.39 Å². The van der Waals surface area contributed by atoms with Gasteiger partial charge >= 0.3 is 0 Å². The second-order valence-corrected chi connectivity index (χ2v) is 6.75. The fourth-order valence-electron chi connectivity index (χ4n) is 3.82. The molecule has 0 aliphatic carbocycles. The molecule has 0 radical (unpaired) electrons. The molecule has 1 N–H and O–H groups in total. The molecule has 2 aromatic rings. The number of pyridine rings is 1. The van der Waals surface area contributed by atoms with E-state index in [1.54, 1.807) is 19.3 Å². The van der Waals surface area contributed by atoms with Crippen LogP contribution < -0.4 is 5.32 Å². The number of hydrogen-bond donors (Lipinski definition) is 1. The van der Waals surface area contributed by atoms with Gasteiger partial charge in [0.2, 0.25) is 0 Å². The Morgan fingerprint density at radius 2 is 2.04 bits per heavy atom. The summed E-state index contributed by atoms with van der Waals surface area (Å²) in [5.41, 5.74) is 1.84. The summed E-state index contributed by atoms with van der Waals surface area (Å²) in [6.45, 7) is 4.50. The maximum absolute atomic E-state index is 13.8. The van der Waals surface area contributed by atoms with Gasteiger partial charge in [0.1, 0.15) is 5.82 Å². The number of aliphatic imine (C=N–C) groups is 1. The zero-order chi connectivity index (χ0) is 18.4. The van der Waals surface area contributed by atoms with Crippen LogP contribution in [0.25, 0.3) is 0 Å². The Bertz CT molecular complexity index is 738. The first-order chi connectivity index (χ1) is 12.7. The van der Waals surface area contributed by atoms with Crippen molar-refractivity contribution in [2.24, 2.45) is 10.9 Å². The molecule has 2 heterocycles. The zero-order valence-electron chi connectivity index (χ0n) is 15.9. The molecule has 0 spiro atoms. The highest BCUT2D eigenvalue weighted by Gasteiger charge is 2.30. The van der Waals surface area contributed by atoms with Gasteiger partial charge in [-0.2, -0.15) is 0 Å². The van der Waals surface area contributed by atoms with Gasteiger partial charge in [-0.25, -0.2) is 4.39 Å². The largest absolute Gasteiger partial charge is 0.350 e. The summed E-state index contributed by atoms with van der Waals surface area (Å²) in [6, 6.07) is 13.8. The highest BCUT2D eigenvalue weighted by Crippen LogP contribution is 2.34. The molecule has 0 saturated carbocycles. The monoisotopic (exact) mass is 482 g/mol. The number of nitrogens with zero attached hydrogens (tertiary/aromatic N) is 3. The van der Waals surface area contributed by atoms with Crippen molar-refractivity contribution in [3.8, 4) is 0 Å². The van der Waals surface area contributed by atoms with Crippen LogP contribution in [-0.2, 0) is 6.54 Å². The lowest BCUT2D eigenvalue weighted by molar-refractivity contribution is 0.215. The van der Waals surface area contributed by atoms with Gasteiger partial charge in [-0.05, 0) is 36.0 Å². The van der Waals surface area contributed by atoms with Gasteiger partial charge < -0.3 is 10.2 Å². The second-order valence-electron chi connectivity index (χ2n) is 6.75. The Morgan fingerprint density at radius 3 is 2.70 bits per heavy atom. The van der Waals surface area contributed by atoms with Crippen molar-refractivity contribution < 1.29 is 4.39 Å². The predicted molar refractivity (Wildman–Crippen MR) is 119 cm³/mol. The summed E-state index contributed by atoms with van der Waals surface area (Å²) in [4.78, 5) is 10.8. The van der Waals surface area contributed by atoms with Crippen LogP contribution >= 0.6 is 24.0 Å². The topological polar surface area (TPSA) is 40.5 Å². The molecule has 146 valence electrons. The molecule has 2 unspecified atom stereocenters. The number of rotatable bonds is 4. The summed E-state index contributed by atoms with van der Waals surface area (Å²) in [5, 5.41) is 3.27. The van der Waals surface area contributed by atoms with Crippen LogP contribution in [0.3, 0.4) is 0 Å². The number of aromatic nitrogens is 1. The number of piperidine rings is 1. The zero-order valence-corrected chi connectivity index (χ0v) is 18.3. The first-order valence-electron chi connectivity index (χ1n) is 9.32. The first-order valence-corrected chi connectivity index (χ1v) is 9.32. The average molecular weight is 482 g/mol. The molecule has 1 aliphatic heterocycles. The lowest BCUT2D eigenvalue weighted by Gasteiger charge is -2.40. The van der Waals surface area contributed by atoms with E-state index < -0.39 is 0 Å². The van der Waals surface area contributed by atoms with E-state index in [2.05, 4.69) is 57.4 Å². The van der Waals surface area contributed by atoms with Crippen LogP contribution in [0.2, 0.25) is 0 Å². The van der Waals surface area contributed by atoms with E-state index in [0.29, 0.717) is 24.1 Å². The minimum absolute atomic E-state index is 0. The summed E-state index contributed by atoms with van der Waals surface area (Å²) < 4.78 is 13.8. The molecule has 1 aromatic heterocycles. The molecule has 1 aliphatic rings. The Morgan fingerprint density at radius 1 is 1.26 bits per heavy atom. The van der Waals surface area contributed by atoms with Gasteiger partial charge in [-0.1, -0.05) is 43.7 Å². The third kappa shape index (κ3) is 5.40. The van der Waals surface area contributed by atoms with Crippen molar-refractivity contribution in [2.45, 2.75) is 32.2 Å². The molecule has 3 rings (SSSR count). The number of likely N-dealkylation sites (tertiary alicyclic amines) is 1. The van der Waals surface area contributed by atoms with Crippen molar-refractivity contribution in [1.82, 2.24) is 15.2 Å². The molecule has 4 nitrogen and oxygen atoms in total. The molecular formula is C21H28FIN4. The van der Waals surface area contributed by atoms with Crippen LogP contribution in [0.15, 0.2) is 53.7 Å². The maximum atomic E-state index is 13.8. The number of hydrogen-bond acceptors (Lipinski definition) is 2. The number of nitrogens with one attached hydrogen (secondary N) is 1. The summed E-state index contributed by atoms with van der Waals surface area (Å²) >= 11 is 0. The van der Waals surface area contributed by atoms with Crippen LogP contribution in [0.4, 0.5) is 4.39 Å². The van der Waals surface area contributed by atoms with Crippen molar-refractivity contribution in [2.75, 3.05) is 20.1 Å². The summed E-state index contributed by atoms with van der Waals surface area (Å²) in [7, 11) is 1.78. The smallest absolute Gasteiger partial charge is 0.193 e. The highest BCUT2D eigenvalue weighted by atomic mass is 127. The van der Waals surface area contributed by atoms with Crippen LogP contribution in [0, 0.1) is 11.7 Å². The normalized spacial score (nSPS) is 20.1. The van der Waals surface area contributed by atoms with Crippen LogP contribution in [-0.4, -0.2) is 36.0 Å². The fourth-order valence-corrected chi connectivity index (χ4v) is 3.82. The molecule has 1 saturated heterocycles. The predicted octanol–water partition coefficient (Wildman–Crippen LogP) is 4.43. The summed E-state index contributed by atoms with van der Waals surface area (Å²) in [6.07, 6.45) is 3.84. The van der Waals surface area contributed by atoms with Gasteiger partial charge in [0.05, 0.1) is 12.2 Å². The van der Waals surface area contributed by atoms with E-state index in [1.807, 2.05) is 0 Å². The highest BCUT2D eigenvalue weighted by molar-refractivity contribution is 14.0. The van der Waals surface area contributed by atoms with E-state index >= 15 is 0 Å². The molecule has 1 aromatic carbocycles. The molecule has 27 heavy (non-hydrogen) atoms. The van der Waals surface area contributed by atoms with Crippen molar-refractivity contribution >= 4 is 29.9 Å². The number of guanidine groups is 1. The third-order valence-corrected chi connectivity index (χ3v) is 5.25. The van der Waals surface area contributed by atoms with E-state index in [1.165, 1.54) is 11.6 Å². The lowest BCUT2D eigenvalue weighted by atomic mass is 9.79. The van der Waals surface area contributed by atoms with Gasteiger partial charge in [-0.3, -0.25) is 9.98 Å². The maximum Gasteiger partial charge on any atom is 0.193 e. The van der Waals surface area contributed by atoms with E-state index in [0.717, 1.165) is 31.9 Å². The van der Waals surface area contributed by atoms with Gasteiger partial charge in [0.25, 0.3) is 0 Å².